The predicted molar refractivity (Wildman–Crippen MR) is 86.6 cm³/mol. The largest absolute Gasteiger partial charge is 0.456 e. The number of hydrogen-bond acceptors (Lipinski definition) is 5. The van der Waals surface area contributed by atoms with E-state index in [1.807, 2.05) is 53.2 Å². The molecule has 8 heteroatoms. The summed E-state index contributed by atoms with van der Waals surface area (Å²) in [5.41, 5.74) is 1.53. The van der Waals surface area contributed by atoms with Crippen LogP contribution in [0.2, 0.25) is 0 Å². The molecule has 0 aliphatic carbocycles. The Kier molecular flexibility index (Phi) is 5.76. The van der Waals surface area contributed by atoms with Crippen LogP contribution >= 0.6 is 22.9 Å². The van der Waals surface area contributed by atoms with Crippen LogP contribution in [0.25, 0.3) is 0 Å². The van der Waals surface area contributed by atoms with Crippen molar-refractivity contribution in [1.82, 2.24) is 7.50 Å². The van der Waals surface area contributed by atoms with Crippen LogP contribution in [0.15, 0.2) is 42.6 Å². The molecule has 0 aliphatic rings. The van der Waals surface area contributed by atoms with Gasteiger partial charge in [0.05, 0.1) is 0 Å². The zero-order chi connectivity index (χ0) is 15.2. The Morgan fingerprint density at radius 2 is 1.95 bits per heavy atom. The van der Waals surface area contributed by atoms with E-state index in [1.54, 1.807) is 0 Å². The summed E-state index contributed by atoms with van der Waals surface area (Å²) < 4.78 is 31.3. The van der Waals surface area contributed by atoms with Crippen LogP contribution in [0.5, 0.6) is 0 Å². The number of nitrogens with one attached hydrogen (secondary N) is 1. The Balaban J connectivity index is 2.14. The van der Waals surface area contributed by atoms with Crippen molar-refractivity contribution in [3.8, 4) is 0 Å². The van der Waals surface area contributed by atoms with E-state index in [1.165, 1.54) is 12.3 Å². The first-order chi connectivity index (χ1) is 10.1. The number of thiol groups is 1. The molecule has 0 saturated heterocycles. The van der Waals surface area contributed by atoms with Gasteiger partial charge in [0, 0.05) is 35.6 Å². The summed E-state index contributed by atoms with van der Waals surface area (Å²) in [6, 6.07) is 10.7. The van der Waals surface area contributed by atoms with E-state index in [9.17, 15) is 13.2 Å². The van der Waals surface area contributed by atoms with Gasteiger partial charge in [-0.15, -0.1) is 0 Å². The molecule has 2 aromatic rings. The Morgan fingerprint density at radius 1 is 1.24 bits per heavy atom. The number of rotatable bonds is 6. The lowest BCUT2D eigenvalue weighted by molar-refractivity contribution is 0.0464. The highest BCUT2D eigenvalue weighted by molar-refractivity contribution is 14.1. The topological polar surface area (TPSA) is 77.4 Å². The van der Waals surface area contributed by atoms with Gasteiger partial charge in [0.1, 0.15) is 12.3 Å². The molecule has 1 aromatic carbocycles. The fraction of sp³-hybridized carbons (Fsp3) is 0.154. The molecule has 1 N–H and O–H groups in total. The maximum atomic E-state index is 12.0. The normalized spacial score (nSPS) is 10.8. The first kappa shape index (κ1) is 16.0. The van der Waals surface area contributed by atoms with Crippen LogP contribution in [0, 0.1) is 0 Å². The average molecular weight is 420 g/mol. The molecule has 2 rings (SSSR count). The smallest absolute Gasteiger partial charge is 0.356 e. The van der Waals surface area contributed by atoms with E-state index in [0.717, 1.165) is 9.54 Å². The number of nitrogens with zero attached hydrogens (tertiary/aromatic N) is 1. The van der Waals surface area contributed by atoms with Gasteiger partial charge in [0.2, 0.25) is 10.9 Å². The van der Waals surface area contributed by atoms with Crippen LogP contribution in [0.1, 0.15) is 21.6 Å². The number of carbonyl (C=O) groups excluding carboxylic acids is 1. The fourth-order valence-corrected chi connectivity index (χ4v) is 2.76. The van der Waals surface area contributed by atoms with Crippen LogP contribution in [-0.2, 0) is 28.8 Å². The van der Waals surface area contributed by atoms with Gasteiger partial charge in [-0.05, 0) is 17.2 Å². The summed E-state index contributed by atoms with van der Waals surface area (Å²) in [6.45, 7) is 0.552. The van der Waals surface area contributed by atoms with E-state index in [4.69, 9.17) is 4.74 Å². The summed E-state index contributed by atoms with van der Waals surface area (Å²) in [6.07, 6.45) is 1.40. The highest BCUT2D eigenvalue weighted by Gasteiger charge is 2.16. The predicted octanol–water partition coefficient (Wildman–Crippen LogP) is 1.66. The van der Waals surface area contributed by atoms with Crippen molar-refractivity contribution >= 4 is 39.7 Å². The number of benzene rings is 1. The third-order valence-corrected chi connectivity index (χ3v) is 3.79. The molecule has 0 saturated carbocycles. The number of aromatic nitrogens is 1. The summed E-state index contributed by atoms with van der Waals surface area (Å²) in [5.74, 6) is -0.669. The average Bonchev–Trinajstić information content (AvgIpc) is 2.90. The van der Waals surface area contributed by atoms with Gasteiger partial charge in [-0.1, -0.05) is 30.3 Å². The van der Waals surface area contributed by atoms with Crippen LogP contribution < -0.4 is 3.53 Å². The first-order valence-electron chi connectivity index (χ1n) is 6.02. The summed E-state index contributed by atoms with van der Waals surface area (Å²) in [5, 5.41) is 0. The highest BCUT2D eigenvalue weighted by Crippen LogP contribution is 2.12. The monoisotopic (exact) mass is 420 g/mol. The Bertz CT molecular complexity index is 689. The summed E-state index contributed by atoms with van der Waals surface area (Å²) in [7, 11) is -2.92. The van der Waals surface area contributed by atoms with E-state index in [2.05, 4.69) is 3.53 Å². The van der Waals surface area contributed by atoms with Crippen LogP contribution in [0.4, 0.5) is 0 Å². The third kappa shape index (κ3) is 4.29. The summed E-state index contributed by atoms with van der Waals surface area (Å²) >= 11 is 1.94. The molecule has 0 unspecified atom stereocenters. The number of ether oxygens (including phenoxy) is 1. The molecular formula is C13H13IN2O4S. The number of hydrogen-bond donors (Lipinski definition) is 2. The van der Waals surface area contributed by atoms with Crippen LogP contribution in [0.3, 0.4) is 0 Å². The van der Waals surface area contributed by atoms with E-state index >= 15 is 0 Å². The minimum atomic E-state index is -2.92. The lowest BCUT2D eigenvalue weighted by Crippen LogP contribution is -2.11. The molecule has 1 heterocycles. The zero-order valence-corrected chi connectivity index (χ0v) is 13.9. The van der Waals surface area contributed by atoms with Gasteiger partial charge in [-0.3, -0.25) is 3.53 Å². The van der Waals surface area contributed by atoms with Crippen molar-refractivity contribution < 1.29 is 17.9 Å². The minimum Gasteiger partial charge on any atom is -0.456 e. The molecule has 0 bridgehead atoms. The maximum Gasteiger partial charge on any atom is 0.356 e. The molecule has 0 amide bonds. The number of esters is 1. The lowest BCUT2D eigenvalue weighted by atomic mass is 10.2. The van der Waals surface area contributed by atoms with E-state index in [0.29, 0.717) is 12.1 Å². The Morgan fingerprint density at radius 3 is 2.57 bits per heavy atom. The van der Waals surface area contributed by atoms with Gasteiger partial charge < -0.3 is 4.74 Å². The second-order valence-electron chi connectivity index (χ2n) is 4.19. The van der Waals surface area contributed by atoms with Crippen molar-refractivity contribution in [2.45, 2.75) is 13.2 Å². The number of carbonyl (C=O) groups is 1. The van der Waals surface area contributed by atoms with Crippen molar-refractivity contribution in [2.24, 2.45) is 0 Å². The molecule has 0 spiro atoms. The van der Waals surface area contributed by atoms with Crippen molar-refractivity contribution in [1.29, 1.82) is 0 Å². The molecular weight excluding hydrogens is 407 g/mol. The SMILES string of the molecule is O=C(OCc1ccccc1)c1cc(CNI)cn1[SH](=O)=O. The molecule has 0 radical (unpaired) electrons. The second-order valence-corrected chi connectivity index (χ2v) is 5.86. The molecule has 112 valence electrons. The molecule has 6 nitrogen and oxygen atoms in total. The summed E-state index contributed by atoms with van der Waals surface area (Å²) in [4.78, 5) is 12.0. The van der Waals surface area contributed by atoms with Crippen LogP contribution in [-0.4, -0.2) is 18.4 Å². The standard InChI is InChI=1S/C13H13IN2O4S/c14-15-7-11-6-12(16(8-11)21(18)19)13(17)20-9-10-4-2-1-3-5-10/h1-6,8,15,21H,7,9H2. The van der Waals surface area contributed by atoms with E-state index < -0.39 is 16.9 Å². The van der Waals surface area contributed by atoms with Crippen molar-refractivity contribution in [2.75, 3.05) is 0 Å². The van der Waals surface area contributed by atoms with Gasteiger partial charge in [0.25, 0.3) is 0 Å². The van der Waals surface area contributed by atoms with Gasteiger partial charge >= 0.3 is 5.97 Å². The maximum absolute atomic E-state index is 12.0. The third-order valence-electron chi connectivity index (χ3n) is 2.73. The Labute approximate surface area is 137 Å². The lowest BCUT2D eigenvalue weighted by Gasteiger charge is -2.05. The molecule has 21 heavy (non-hydrogen) atoms. The molecule has 0 atom stereocenters. The molecule has 0 fully saturated rings. The molecule has 0 aliphatic heterocycles. The van der Waals surface area contributed by atoms with E-state index in [-0.39, 0.29) is 12.3 Å². The zero-order valence-electron chi connectivity index (χ0n) is 10.9. The first-order valence-corrected chi connectivity index (χ1v) is 8.23. The fourth-order valence-electron chi connectivity index (χ4n) is 1.76. The Hall–Kier alpha value is -1.39. The van der Waals surface area contributed by atoms with Crippen molar-refractivity contribution in [3.05, 3.63) is 59.4 Å². The van der Waals surface area contributed by atoms with Gasteiger partial charge in [-0.2, -0.15) is 0 Å². The molecule has 1 aromatic heterocycles. The van der Waals surface area contributed by atoms with Gasteiger partial charge in [0.15, 0.2) is 0 Å². The highest BCUT2D eigenvalue weighted by atomic mass is 127. The quantitative estimate of drug-likeness (QED) is 0.322. The van der Waals surface area contributed by atoms with Crippen molar-refractivity contribution in [3.63, 3.8) is 0 Å². The van der Waals surface area contributed by atoms with Gasteiger partial charge in [-0.25, -0.2) is 17.2 Å². The second kappa shape index (κ2) is 7.57. The number of halogens is 1. The minimum absolute atomic E-state index is 0.00342.